The van der Waals surface area contributed by atoms with E-state index in [1.165, 1.54) is 43.5 Å². The molecule has 0 saturated heterocycles. The third kappa shape index (κ3) is 2.71. The molecule has 0 bridgehead atoms. The van der Waals surface area contributed by atoms with Gasteiger partial charge in [-0.1, -0.05) is 18.2 Å². The third-order valence-corrected chi connectivity index (χ3v) is 3.70. The molecule has 0 N–H and O–H groups in total. The van der Waals surface area contributed by atoms with Gasteiger partial charge in [-0.15, -0.1) is 0 Å². The van der Waals surface area contributed by atoms with Crippen molar-refractivity contribution in [3.63, 3.8) is 0 Å². The van der Waals surface area contributed by atoms with Crippen molar-refractivity contribution in [2.45, 2.75) is 6.43 Å². The average molecular weight is 331 g/mol. The molecule has 0 unspecified atom stereocenters. The van der Waals surface area contributed by atoms with Crippen LogP contribution in [0.2, 0.25) is 0 Å². The summed E-state index contributed by atoms with van der Waals surface area (Å²) >= 11 is 0. The number of hydrogen-bond acceptors (Lipinski definition) is 3. The van der Waals surface area contributed by atoms with Crippen molar-refractivity contribution in [3.8, 4) is 11.3 Å². The summed E-state index contributed by atoms with van der Waals surface area (Å²) in [5.41, 5.74) is 0.265. The van der Waals surface area contributed by atoms with E-state index in [-0.39, 0.29) is 33.2 Å². The predicted molar refractivity (Wildman–Crippen MR) is 83.4 cm³/mol. The Hall–Kier alpha value is -2.89. The second kappa shape index (κ2) is 6.31. The summed E-state index contributed by atoms with van der Waals surface area (Å²) in [6, 6.07) is 10.1. The fourth-order valence-corrected chi connectivity index (χ4v) is 2.55. The monoisotopic (exact) mass is 331 g/mol. The molecule has 0 spiro atoms. The highest BCUT2D eigenvalue weighted by Gasteiger charge is 2.19. The van der Waals surface area contributed by atoms with Crippen LogP contribution in [0.4, 0.5) is 13.2 Å². The predicted octanol–water partition coefficient (Wildman–Crippen LogP) is 4.77. The molecule has 2 aromatic carbocycles. The van der Waals surface area contributed by atoms with Crippen LogP contribution in [0.5, 0.6) is 0 Å². The average Bonchev–Trinajstić information content (AvgIpc) is 2.60. The van der Waals surface area contributed by atoms with Crippen LogP contribution in [-0.4, -0.2) is 18.1 Å². The molecule has 24 heavy (non-hydrogen) atoms. The molecule has 1 heterocycles. The van der Waals surface area contributed by atoms with E-state index in [2.05, 4.69) is 9.72 Å². The van der Waals surface area contributed by atoms with Crippen LogP contribution in [0, 0.1) is 5.82 Å². The Balaban J connectivity index is 2.35. The van der Waals surface area contributed by atoms with Crippen molar-refractivity contribution >= 4 is 16.7 Å². The second-order valence-corrected chi connectivity index (χ2v) is 5.09. The smallest absolute Gasteiger partial charge is 0.337 e. The van der Waals surface area contributed by atoms with Gasteiger partial charge in [0, 0.05) is 22.7 Å². The van der Waals surface area contributed by atoms with Gasteiger partial charge in [0.2, 0.25) is 0 Å². The molecule has 0 radical (unpaired) electrons. The maximum Gasteiger partial charge on any atom is 0.337 e. The van der Waals surface area contributed by atoms with Gasteiger partial charge in [-0.25, -0.2) is 18.0 Å². The van der Waals surface area contributed by atoms with Crippen LogP contribution in [0.3, 0.4) is 0 Å². The Kier molecular flexibility index (Phi) is 4.20. The Morgan fingerprint density at radius 2 is 1.88 bits per heavy atom. The van der Waals surface area contributed by atoms with Crippen molar-refractivity contribution in [2.24, 2.45) is 0 Å². The minimum atomic E-state index is -2.74. The molecular weight excluding hydrogens is 319 g/mol. The Labute approximate surface area is 135 Å². The largest absolute Gasteiger partial charge is 0.465 e. The number of ether oxygens (including phenoxy) is 1. The van der Waals surface area contributed by atoms with Gasteiger partial charge in [-0.2, -0.15) is 0 Å². The lowest BCUT2D eigenvalue weighted by Crippen LogP contribution is -2.02. The normalized spacial score (nSPS) is 11.0. The second-order valence-electron chi connectivity index (χ2n) is 5.09. The van der Waals surface area contributed by atoms with Gasteiger partial charge >= 0.3 is 5.97 Å². The topological polar surface area (TPSA) is 39.2 Å². The highest BCUT2D eigenvalue weighted by molar-refractivity contribution is 6.01. The zero-order valence-corrected chi connectivity index (χ0v) is 12.6. The number of aromatic nitrogens is 1. The van der Waals surface area contributed by atoms with Gasteiger partial charge in [0.05, 0.1) is 18.4 Å². The van der Waals surface area contributed by atoms with Crippen LogP contribution >= 0.6 is 0 Å². The molecule has 3 aromatic rings. The molecule has 1 aromatic heterocycles. The van der Waals surface area contributed by atoms with Gasteiger partial charge in [-0.05, 0) is 29.7 Å². The molecule has 0 aliphatic rings. The standard InChI is InChI=1S/C18H12F3NO2/c1-24-18(23)10-6-7-11-13(8-10)16(22-9-14(11)17(20)21)12-4-2-3-5-15(12)19/h2-9,17H,1H3. The van der Waals surface area contributed by atoms with Gasteiger partial charge in [0.15, 0.2) is 0 Å². The quantitative estimate of drug-likeness (QED) is 0.649. The van der Waals surface area contributed by atoms with Crippen LogP contribution in [0.25, 0.3) is 22.0 Å². The van der Waals surface area contributed by atoms with Crippen molar-refractivity contribution in [1.82, 2.24) is 4.98 Å². The molecule has 3 nitrogen and oxygen atoms in total. The van der Waals surface area contributed by atoms with E-state index in [0.29, 0.717) is 0 Å². The van der Waals surface area contributed by atoms with Gasteiger partial charge in [0.25, 0.3) is 6.43 Å². The minimum absolute atomic E-state index is 0.172. The van der Waals surface area contributed by atoms with Crippen molar-refractivity contribution in [2.75, 3.05) is 7.11 Å². The first kappa shape index (κ1) is 16.0. The number of pyridine rings is 1. The summed E-state index contributed by atoms with van der Waals surface area (Å²) in [5.74, 6) is -1.14. The van der Waals surface area contributed by atoms with E-state index in [1.54, 1.807) is 6.07 Å². The van der Waals surface area contributed by atoms with Gasteiger partial charge < -0.3 is 4.74 Å². The van der Waals surface area contributed by atoms with Gasteiger partial charge in [-0.3, -0.25) is 4.98 Å². The fourth-order valence-electron chi connectivity index (χ4n) is 2.55. The molecule has 6 heteroatoms. The lowest BCUT2D eigenvalue weighted by atomic mass is 9.98. The number of fused-ring (bicyclic) bond motifs is 1. The van der Waals surface area contributed by atoms with E-state index in [4.69, 9.17) is 0 Å². The molecule has 122 valence electrons. The molecule has 3 rings (SSSR count). The summed E-state index contributed by atoms with van der Waals surface area (Å²) in [7, 11) is 1.22. The summed E-state index contributed by atoms with van der Waals surface area (Å²) in [6.07, 6.45) is -1.70. The highest BCUT2D eigenvalue weighted by atomic mass is 19.3. The van der Waals surface area contributed by atoms with E-state index in [0.717, 1.165) is 6.20 Å². The summed E-state index contributed by atoms with van der Waals surface area (Å²) in [4.78, 5) is 15.7. The first-order chi connectivity index (χ1) is 11.5. The Bertz CT molecular complexity index is 925. The van der Waals surface area contributed by atoms with Gasteiger partial charge in [0.1, 0.15) is 5.82 Å². The number of carbonyl (C=O) groups is 1. The molecular formula is C18H12F3NO2. The van der Waals surface area contributed by atoms with Crippen LogP contribution in [0.15, 0.2) is 48.7 Å². The molecule has 0 aliphatic heterocycles. The first-order valence-electron chi connectivity index (χ1n) is 7.07. The highest BCUT2D eigenvalue weighted by Crippen LogP contribution is 2.34. The maximum atomic E-state index is 14.1. The number of rotatable bonds is 3. The number of nitrogens with zero attached hydrogens (tertiary/aromatic N) is 1. The van der Waals surface area contributed by atoms with E-state index in [1.807, 2.05) is 0 Å². The summed E-state index contributed by atoms with van der Waals surface area (Å²) in [5, 5.41) is 0.478. The molecule has 0 saturated carbocycles. The lowest BCUT2D eigenvalue weighted by molar-refractivity contribution is 0.0601. The van der Waals surface area contributed by atoms with E-state index >= 15 is 0 Å². The number of esters is 1. The molecule has 0 atom stereocenters. The number of alkyl halides is 2. The maximum absolute atomic E-state index is 14.1. The lowest BCUT2D eigenvalue weighted by Gasteiger charge is -2.12. The SMILES string of the molecule is COC(=O)c1ccc2c(C(F)F)cnc(-c3ccccc3F)c2c1. The van der Waals surface area contributed by atoms with Crippen molar-refractivity contribution < 1.29 is 22.7 Å². The first-order valence-corrected chi connectivity index (χ1v) is 7.07. The molecule has 0 fully saturated rings. The van der Waals surface area contributed by atoms with Crippen molar-refractivity contribution in [1.29, 1.82) is 0 Å². The fraction of sp³-hybridized carbons (Fsp3) is 0.111. The molecule has 0 aliphatic carbocycles. The molecule has 0 amide bonds. The van der Waals surface area contributed by atoms with E-state index in [9.17, 15) is 18.0 Å². The number of hydrogen-bond donors (Lipinski definition) is 0. The zero-order valence-electron chi connectivity index (χ0n) is 12.6. The number of carbonyl (C=O) groups excluding carboxylic acids is 1. The number of halogens is 3. The van der Waals surface area contributed by atoms with Crippen LogP contribution in [-0.2, 0) is 4.74 Å². The summed E-state index contributed by atoms with van der Waals surface area (Å²) in [6.45, 7) is 0. The summed E-state index contributed by atoms with van der Waals surface area (Å²) < 4.78 is 45.2. The zero-order chi connectivity index (χ0) is 17.3. The van der Waals surface area contributed by atoms with Crippen LogP contribution in [0.1, 0.15) is 22.3 Å². The minimum Gasteiger partial charge on any atom is -0.465 e. The Morgan fingerprint density at radius 1 is 1.12 bits per heavy atom. The number of benzene rings is 2. The van der Waals surface area contributed by atoms with E-state index < -0.39 is 18.2 Å². The number of methoxy groups -OCH3 is 1. The Morgan fingerprint density at radius 3 is 2.54 bits per heavy atom. The van der Waals surface area contributed by atoms with Crippen LogP contribution < -0.4 is 0 Å². The third-order valence-electron chi connectivity index (χ3n) is 3.70. The van der Waals surface area contributed by atoms with Crippen molar-refractivity contribution in [3.05, 3.63) is 65.6 Å².